The van der Waals surface area contributed by atoms with E-state index in [1.807, 2.05) is 27.1 Å². The third-order valence-electron chi connectivity index (χ3n) is 6.50. The zero-order chi connectivity index (χ0) is 21.7. The maximum absolute atomic E-state index is 13.1. The molecule has 2 aromatic heterocycles. The summed E-state index contributed by atoms with van der Waals surface area (Å²) in [5.41, 5.74) is 5.82. The maximum atomic E-state index is 13.1. The SMILES string of the molecule is Cc1c(C)c2c(c(C)c1NC(=O)c1cnc3c(c1)ncn3C1CCCC1)NC(=O)CO2. The third-order valence-corrected chi connectivity index (χ3v) is 6.50. The summed E-state index contributed by atoms with van der Waals surface area (Å²) in [5, 5.41) is 5.87. The quantitative estimate of drug-likeness (QED) is 0.667. The van der Waals surface area contributed by atoms with Gasteiger partial charge in [0.05, 0.1) is 17.6 Å². The van der Waals surface area contributed by atoms with Crippen molar-refractivity contribution in [3.63, 3.8) is 0 Å². The van der Waals surface area contributed by atoms with Crippen LogP contribution in [0.5, 0.6) is 5.75 Å². The summed E-state index contributed by atoms with van der Waals surface area (Å²) in [7, 11) is 0. The van der Waals surface area contributed by atoms with Gasteiger partial charge in [-0.2, -0.15) is 0 Å². The van der Waals surface area contributed by atoms with E-state index in [1.165, 1.54) is 12.8 Å². The van der Waals surface area contributed by atoms with E-state index in [1.54, 1.807) is 12.3 Å². The number of imidazole rings is 1. The number of benzene rings is 1. The average Bonchev–Trinajstić information content (AvgIpc) is 3.44. The minimum Gasteiger partial charge on any atom is -0.481 e. The topological polar surface area (TPSA) is 98.1 Å². The monoisotopic (exact) mass is 419 g/mol. The number of carbonyl (C=O) groups excluding carboxylic acids is 2. The summed E-state index contributed by atoms with van der Waals surface area (Å²) in [4.78, 5) is 33.9. The molecule has 1 aromatic carbocycles. The number of carbonyl (C=O) groups is 2. The lowest BCUT2D eigenvalue weighted by Crippen LogP contribution is -2.27. The van der Waals surface area contributed by atoms with E-state index in [9.17, 15) is 9.59 Å². The maximum Gasteiger partial charge on any atom is 0.262 e. The first-order valence-corrected chi connectivity index (χ1v) is 10.6. The molecule has 1 saturated carbocycles. The summed E-state index contributed by atoms with van der Waals surface area (Å²) in [6, 6.07) is 2.22. The Morgan fingerprint density at radius 1 is 1.16 bits per heavy atom. The number of nitrogens with zero attached hydrogens (tertiary/aromatic N) is 3. The fourth-order valence-corrected chi connectivity index (χ4v) is 4.63. The van der Waals surface area contributed by atoms with Crippen molar-refractivity contribution in [3.8, 4) is 5.75 Å². The number of nitrogens with one attached hydrogen (secondary N) is 2. The van der Waals surface area contributed by atoms with Crippen LogP contribution in [0, 0.1) is 20.8 Å². The Hall–Kier alpha value is -3.42. The van der Waals surface area contributed by atoms with Gasteiger partial charge >= 0.3 is 0 Å². The van der Waals surface area contributed by atoms with Crippen LogP contribution < -0.4 is 15.4 Å². The molecule has 2 amide bonds. The van der Waals surface area contributed by atoms with E-state index in [0.29, 0.717) is 28.7 Å². The molecule has 8 nitrogen and oxygen atoms in total. The van der Waals surface area contributed by atoms with Gasteiger partial charge in [0.2, 0.25) is 0 Å². The van der Waals surface area contributed by atoms with Crippen LogP contribution in [-0.2, 0) is 4.79 Å². The molecule has 5 rings (SSSR count). The predicted octanol–water partition coefficient (Wildman–Crippen LogP) is 4.05. The lowest BCUT2D eigenvalue weighted by molar-refractivity contribution is -0.118. The molecule has 8 heteroatoms. The first-order chi connectivity index (χ1) is 14.9. The van der Waals surface area contributed by atoms with Crippen LogP contribution in [0.3, 0.4) is 0 Å². The minimum atomic E-state index is -0.265. The van der Waals surface area contributed by atoms with Crippen LogP contribution in [0.4, 0.5) is 11.4 Å². The van der Waals surface area contributed by atoms with Crippen LogP contribution in [-0.4, -0.2) is 33.0 Å². The average molecular weight is 419 g/mol. The second kappa shape index (κ2) is 7.37. The van der Waals surface area contributed by atoms with Gasteiger partial charge < -0.3 is 19.9 Å². The number of hydrogen-bond donors (Lipinski definition) is 2. The van der Waals surface area contributed by atoms with Crippen LogP contribution in [0.15, 0.2) is 18.6 Å². The molecule has 1 aliphatic heterocycles. The van der Waals surface area contributed by atoms with Gasteiger partial charge in [-0.05, 0) is 50.8 Å². The van der Waals surface area contributed by atoms with E-state index in [2.05, 4.69) is 25.2 Å². The van der Waals surface area contributed by atoms with E-state index in [0.717, 1.165) is 40.7 Å². The van der Waals surface area contributed by atoms with Crippen molar-refractivity contribution >= 4 is 34.4 Å². The summed E-state index contributed by atoms with van der Waals surface area (Å²) in [6.45, 7) is 5.71. The largest absolute Gasteiger partial charge is 0.481 e. The Morgan fingerprint density at radius 3 is 2.71 bits per heavy atom. The Kier molecular flexibility index (Phi) is 4.64. The highest BCUT2D eigenvalue weighted by atomic mass is 16.5. The van der Waals surface area contributed by atoms with Gasteiger partial charge in [-0.1, -0.05) is 12.8 Å². The molecule has 3 heterocycles. The number of fused-ring (bicyclic) bond motifs is 2. The van der Waals surface area contributed by atoms with Crippen LogP contribution >= 0.6 is 0 Å². The van der Waals surface area contributed by atoms with Crippen molar-refractivity contribution < 1.29 is 14.3 Å². The van der Waals surface area contributed by atoms with Gasteiger partial charge in [0.15, 0.2) is 12.3 Å². The van der Waals surface area contributed by atoms with Crippen molar-refractivity contribution in [2.45, 2.75) is 52.5 Å². The molecule has 0 atom stereocenters. The smallest absolute Gasteiger partial charge is 0.262 e. The third kappa shape index (κ3) is 3.22. The summed E-state index contributed by atoms with van der Waals surface area (Å²) in [6.07, 6.45) is 8.19. The molecule has 0 radical (unpaired) electrons. The molecule has 160 valence electrons. The highest BCUT2D eigenvalue weighted by molar-refractivity contribution is 6.07. The van der Waals surface area contributed by atoms with Gasteiger partial charge in [0, 0.05) is 23.5 Å². The second-order valence-corrected chi connectivity index (χ2v) is 8.40. The molecular formula is C23H25N5O3. The zero-order valence-electron chi connectivity index (χ0n) is 17.9. The number of aromatic nitrogens is 3. The Bertz CT molecular complexity index is 1220. The zero-order valence-corrected chi connectivity index (χ0v) is 17.9. The molecule has 0 spiro atoms. The van der Waals surface area contributed by atoms with Crippen molar-refractivity contribution in [1.82, 2.24) is 14.5 Å². The number of ether oxygens (including phenoxy) is 1. The molecule has 1 fully saturated rings. The van der Waals surface area contributed by atoms with Gasteiger partial charge in [-0.3, -0.25) is 9.59 Å². The van der Waals surface area contributed by atoms with E-state index < -0.39 is 0 Å². The Labute approximate surface area is 180 Å². The van der Waals surface area contributed by atoms with Gasteiger partial charge in [0.1, 0.15) is 11.3 Å². The van der Waals surface area contributed by atoms with Crippen LogP contribution in [0.2, 0.25) is 0 Å². The van der Waals surface area contributed by atoms with Gasteiger partial charge in [-0.15, -0.1) is 0 Å². The number of anilines is 2. The molecule has 0 saturated heterocycles. The highest BCUT2D eigenvalue weighted by Gasteiger charge is 2.26. The lowest BCUT2D eigenvalue weighted by atomic mass is 9.98. The van der Waals surface area contributed by atoms with Crippen LogP contribution in [0.1, 0.15) is 58.8 Å². The summed E-state index contributed by atoms with van der Waals surface area (Å²) >= 11 is 0. The molecular weight excluding hydrogens is 394 g/mol. The Morgan fingerprint density at radius 2 is 1.94 bits per heavy atom. The first-order valence-electron chi connectivity index (χ1n) is 10.6. The normalized spacial score (nSPS) is 16.2. The minimum absolute atomic E-state index is 0.00237. The standard InChI is InChI=1S/C23H25N5O3/c1-12-13(2)21-20(26-18(29)10-31-21)14(3)19(12)27-23(30)15-8-17-22(24-9-15)28(11-25-17)16-6-4-5-7-16/h8-9,11,16H,4-7,10H2,1-3H3,(H,26,29)(H,27,30). The molecule has 31 heavy (non-hydrogen) atoms. The number of amides is 2. The van der Waals surface area contributed by atoms with Gasteiger partial charge in [0.25, 0.3) is 11.8 Å². The van der Waals surface area contributed by atoms with Crippen molar-refractivity contribution in [3.05, 3.63) is 40.8 Å². The van der Waals surface area contributed by atoms with Crippen molar-refractivity contribution in [1.29, 1.82) is 0 Å². The highest BCUT2D eigenvalue weighted by Crippen LogP contribution is 2.42. The molecule has 0 bridgehead atoms. The molecule has 0 unspecified atom stereocenters. The summed E-state index contributed by atoms with van der Waals surface area (Å²) < 4.78 is 7.75. The number of rotatable bonds is 3. The molecule has 2 aliphatic rings. The number of pyridine rings is 1. The van der Waals surface area contributed by atoms with Crippen LogP contribution in [0.25, 0.3) is 11.2 Å². The Balaban J connectivity index is 1.46. The van der Waals surface area contributed by atoms with E-state index in [4.69, 9.17) is 4.74 Å². The predicted molar refractivity (Wildman–Crippen MR) is 118 cm³/mol. The summed E-state index contributed by atoms with van der Waals surface area (Å²) in [5.74, 6) is 0.190. The van der Waals surface area contributed by atoms with E-state index in [-0.39, 0.29) is 18.4 Å². The first kappa shape index (κ1) is 19.5. The lowest BCUT2D eigenvalue weighted by Gasteiger charge is -2.26. The fourth-order valence-electron chi connectivity index (χ4n) is 4.63. The fraction of sp³-hybridized carbons (Fsp3) is 0.391. The second-order valence-electron chi connectivity index (χ2n) is 8.40. The van der Waals surface area contributed by atoms with Crippen molar-refractivity contribution in [2.75, 3.05) is 17.2 Å². The van der Waals surface area contributed by atoms with Crippen molar-refractivity contribution in [2.24, 2.45) is 0 Å². The molecule has 1 aliphatic carbocycles. The molecule has 2 N–H and O–H groups in total. The van der Waals surface area contributed by atoms with Gasteiger partial charge in [-0.25, -0.2) is 9.97 Å². The van der Waals surface area contributed by atoms with E-state index >= 15 is 0 Å². The molecule has 3 aromatic rings. The number of hydrogen-bond acceptors (Lipinski definition) is 5.